The lowest BCUT2D eigenvalue weighted by Gasteiger charge is -2.06. The first-order valence-electron chi connectivity index (χ1n) is 6.58. The number of nitrogens with one attached hydrogen (secondary N) is 3. The number of hydrogen-bond donors (Lipinski definition) is 3. The Morgan fingerprint density at radius 2 is 2.09 bits per heavy atom. The van der Waals surface area contributed by atoms with Gasteiger partial charge in [-0.3, -0.25) is 15.2 Å². The number of nitrogens with zero attached hydrogens (tertiary/aromatic N) is 1. The molecular weight excluding hydrogens is 324 g/mol. The van der Waals surface area contributed by atoms with Crippen molar-refractivity contribution in [3.8, 4) is 5.88 Å². The van der Waals surface area contributed by atoms with E-state index in [0.29, 0.717) is 22.0 Å². The maximum absolute atomic E-state index is 12.2. The Kier molecular flexibility index (Phi) is 5.56. The fourth-order valence-electron chi connectivity index (χ4n) is 1.68. The molecule has 0 saturated carbocycles. The zero-order valence-corrected chi connectivity index (χ0v) is 13.2. The predicted molar refractivity (Wildman–Crippen MR) is 83.8 cm³/mol. The quantitative estimate of drug-likeness (QED) is 0.725. The predicted octanol–water partition coefficient (Wildman–Crippen LogP) is 2.32. The number of anilines is 1. The first-order chi connectivity index (χ1) is 11.0. The normalized spacial score (nSPS) is 10.2. The summed E-state index contributed by atoms with van der Waals surface area (Å²) in [6.07, 6.45) is -0.717. The minimum atomic E-state index is -0.717. The van der Waals surface area contributed by atoms with E-state index in [0.717, 1.165) is 0 Å². The maximum atomic E-state index is 12.2. The molecule has 1 aromatic heterocycles. The number of aromatic nitrogens is 2. The van der Waals surface area contributed by atoms with Crippen molar-refractivity contribution in [2.24, 2.45) is 0 Å². The minimum Gasteiger partial charge on any atom is -0.389 e. The van der Waals surface area contributed by atoms with E-state index < -0.39 is 12.0 Å². The molecule has 1 aromatic carbocycles. The van der Waals surface area contributed by atoms with Crippen LogP contribution >= 0.6 is 11.6 Å². The number of carbonyl (C=O) groups excluding carboxylic acids is 2. The standard InChI is InChI=1S/C14H15ClN4O4/c1-8-11(17-12(20)9-5-3-4-6-10(9)15)18-19-13(8)23-14(21)16-7-22-2/h3-6H,7H2,1-2H3,(H,16,21)(H2,17,18,19,20). The second-order valence-corrected chi connectivity index (χ2v) is 4.87. The molecule has 0 unspecified atom stereocenters. The van der Waals surface area contributed by atoms with Crippen molar-refractivity contribution in [1.29, 1.82) is 0 Å². The third kappa shape index (κ3) is 4.21. The van der Waals surface area contributed by atoms with Crippen LogP contribution in [0.3, 0.4) is 0 Å². The highest BCUT2D eigenvalue weighted by atomic mass is 35.5. The molecule has 8 nitrogen and oxygen atoms in total. The lowest BCUT2D eigenvalue weighted by Crippen LogP contribution is -2.28. The van der Waals surface area contributed by atoms with Gasteiger partial charge in [-0.2, -0.15) is 0 Å². The molecule has 0 fully saturated rings. The molecule has 0 atom stereocenters. The highest BCUT2D eigenvalue weighted by Crippen LogP contribution is 2.23. The van der Waals surface area contributed by atoms with Gasteiger partial charge in [-0.05, 0) is 19.1 Å². The van der Waals surface area contributed by atoms with E-state index in [4.69, 9.17) is 16.3 Å². The first-order valence-corrected chi connectivity index (χ1v) is 6.96. The van der Waals surface area contributed by atoms with Gasteiger partial charge >= 0.3 is 6.09 Å². The fourth-order valence-corrected chi connectivity index (χ4v) is 1.91. The monoisotopic (exact) mass is 338 g/mol. The van der Waals surface area contributed by atoms with E-state index in [1.165, 1.54) is 7.11 Å². The lowest BCUT2D eigenvalue weighted by molar-refractivity contribution is 0.102. The van der Waals surface area contributed by atoms with Gasteiger partial charge in [-0.25, -0.2) is 4.79 Å². The maximum Gasteiger partial charge on any atom is 0.415 e. The lowest BCUT2D eigenvalue weighted by atomic mass is 10.2. The largest absolute Gasteiger partial charge is 0.415 e. The van der Waals surface area contributed by atoms with Gasteiger partial charge in [0.2, 0.25) is 5.88 Å². The van der Waals surface area contributed by atoms with E-state index in [9.17, 15) is 9.59 Å². The van der Waals surface area contributed by atoms with Gasteiger partial charge in [0.1, 0.15) is 12.5 Å². The summed E-state index contributed by atoms with van der Waals surface area (Å²) in [5.74, 6) is -0.0461. The summed E-state index contributed by atoms with van der Waals surface area (Å²) in [5, 5.41) is 11.7. The number of H-pyrrole nitrogens is 1. The van der Waals surface area contributed by atoms with Crippen LogP contribution in [0, 0.1) is 6.92 Å². The van der Waals surface area contributed by atoms with Crippen LogP contribution in [0.25, 0.3) is 0 Å². The van der Waals surface area contributed by atoms with Crippen LogP contribution < -0.4 is 15.4 Å². The molecular formula is C14H15ClN4O4. The fraction of sp³-hybridized carbons (Fsp3) is 0.214. The molecule has 0 aliphatic rings. The summed E-state index contributed by atoms with van der Waals surface area (Å²) in [6, 6.07) is 6.64. The van der Waals surface area contributed by atoms with E-state index in [1.807, 2.05) is 0 Å². The number of halogens is 1. The molecule has 0 spiro atoms. The second-order valence-electron chi connectivity index (χ2n) is 4.46. The molecule has 122 valence electrons. The van der Waals surface area contributed by atoms with Crippen molar-refractivity contribution in [2.45, 2.75) is 6.92 Å². The van der Waals surface area contributed by atoms with Crippen LogP contribution in [0.5, 0.6) is 5.88 Å². The third-order valence-corrected chi connectivity index (χ3v) is 3.20. The summed E-state index contributed by atoms with van der Waals surface area (Å²) in [5.41, 5.74) is 0.793. The Balaban J connectivity index is 2.06. The van der Waals surface area contributed by atoms with Gasteiger partial charge in [0, 0.05) is 7.11 Å². The van der Waals surface area contributed by atoms with Gasteiger partial charge in [0.25, 0.3) is 5.91 Å². The molecule has 2 rings (SSSR count). The Labute approximate surface area is 137 Å². The summed E-state index contributed by atoms with van der Waals surface area (Å²) in [6.45, 7) is 1.66. The average Bonchev–Trinajstić information content (AvgIpc) is 2.86. The van der Waals surface area contributed by atoms with Crippen molar-refractivity contribution in [2.75, 3.05) is 19.2 Å². The Morgan fingerprint density at radius 1 is 1.35 bits per heavy atom. The van der Waals surface area contributed by atoms with Crippen LogP contribution in [0.2, 0.25) is 5.02 Å². The number of rotatable bonds is 5. The number of amides is 2. The molecule has 0 radical (unpaired) electrons. The van der Waals surface area contributed by atoms with Crippen molar-refractivity contribution in [3.63, 3.8) is 0 Å². The summed E-state index contributed by atoms with van der Waals surface area (Å²) >= 11 is 5.97. The molecule has 0 aliphatic heterocycles. The van der Waals surface area contributed by atoms with Gasteiger partial charge in [-0.15, -0.1) is 5.10 Å². The Hall–Kier alpha value is -2.58. The Bertz CT molecular complexity index is 717. The second kappa shape index (κ2) is 7.61. The first kappa shape index (κ1) is 16.8. The summed E-state index contributed by atoms with van der Waals surface area (Å²) < 4.78 is 9.68. The molecule has 1 heterocycles. The summed E-state index contributed by atoms with van der Waals surface area (Å²) in [7, 11) is 1.43. The molecule has 0 aliphatic carbocycles. The van der Waals surface area contributed by atoms with Crippen molar-refractivity contribution in [1.82, 2.24) is 15.5 Å². The average molecular weight is 339 g/mol. The topological polar surface area (TPSA) is 105 Å². The zero-order valence-electron chi connectivity index (χ0n) is 12.5. The number of methoxy groups -OCH3 is 1. The molecule has 2 amide bonds. The SMILES string of the molecule is COCNC(=O)Oc1n[nH]c(NC(=O)c2ccccc2Cl)c1C. The molecule has 9 heteroatoms. The zero-order chi connectivity index (χ0) is 16.8. The van der Waals surface area contributed by atoms with E-state index in [2.05, 4.69) is 25.6 Å². The van der Waals surface area contributed by atoms with Crippen LogP contribution in [-0.2, 0) is 4.74 Å². The third-order valence-electron chi connectivity index (χ3n) is 2.87. The Morgan fingerprint density at radius 3 is 2.78 bits per heavy atom. The van der Waals surface area contributed by atoms with Crippen LogP contribution in [-0.4, -0.2) is 36.0 Å². The molecule has 3 N–H and O–H groups in total. The molecule has 0 bridgehead atoms. The molecule has 2 aromatic rings. The van der Waals surface area contributed by atoms with E-state index >= 15 is 0 Å². The van der Waals surface area contributed by atoms with Crippen LogP contribution in [0.4, 0.5) is 10.6 Å². The number of carbonyl (C=O) groups is 2. The van der Waals surface area contributed by atoms with Gasteiger partial charge in [-0.1, -0.05) is 23.7 Å². The van der Waals surface area contributed by atoms with Crippen LogP contribution in [0.1, 0.15) is 15.9 Å². The number of hydrogen-bond acceptors (Lipinski definition) is 5. The number of benzene rings is 1. The highest BCUT2D eigenvalue weighted by molar-refractivity contribution is 6.34. The number of aromatic amines is 1. The molecule has 23 heavy (non-hydrogen) atoms. The van der Waals surface area contributed by atoms with Crippen molar-refractivity contribution < 1.29 is 19.1 Å². The summed E-state index contributed by atoms with van der Waals surface area (Å²) in [4.78, 5) is 23.6. The van der Waals surface area contributed by atoms with Gasteiger partial charge in [0.15, 0.2) is 0 Å². The smallest absolute Gasteiger partial charge is 0.389 e. The van der Waals surface area contributed by atoms with Gasteiger partial charge in [0.05, 0.1) is 16.1 Å². The minimum absolute atomic E-state index is 0.0123. The number of ether oxygens (including phenoxy) is 2. The van der Waals surface area contributed by atoms with Crippen molar-refractivity contribution in [3.05, 3.63) is 40.4 Å². The molecule has 0 saturated heterocycles. The van der Waals surface area contributed by atoms with E-state index in [1.54, 1.807) is 31.2 Å². The highest BCUT2D eigenvalue weighted by Gasteiger charge is 2.17. The van der Waals surface area contributed by atoms with E-state index in [-0.39, 0.29) is 12.6 Å². The van der Waals surface area contributed by atoms with Gasteiger partial charge < -0.3 is 14.8 Å². The van der Waals surface area contributed by atoms with Crippen molar-refractivity contribution >= 4 is 29.4 Å². The van der Waals surface area contributed by atoms with Crippen LogP contribution in [0.15, 0.2) is 24.3 Å².